The minimum atomic E-state index is -0.454. The third kappa shape index (κ3) is 4.45. The van der Waals surface area contributed by atoms with Crippen LogP contribution in [-0.4, -0.2) is 27.0 Å². The van der Waals surface area contributed by atoms with Gasteiger partial charge in [-0.25, -0.2) is 0 Å². The number of furan rings is 1. The van der Waals surface area contributed by atoms with Gasteiger partial charge in [0, 0.05) is 18.8 Å². The maximum Gasteiger partial charge on any atom is 0.273 e. The number of hydrogen-bond donors (Lipinski definition) is 1. The van der Waals surface area contributed by atoms with Crippen molar-refractivity contribution in [2.45, 2.75) is 18.6 Å². The van der Waals surface area contributed by atoms with Crippen LogP contribution in [0.25, 0.3) is 11.3 Å². The number of thiocarbonyl (C=S) groups is 1. The summed E-state index contributed by atoms with van der Waals surface area (Å²) in [6, 6.07) is 23.6. The Morgan fingerprint density at radius 1 is 1.11 bits per heavy atom. The number of non-ortho nitro benzene ring substituents is 1. The van der Waals surface area contributed by atoms with Gasteiger partial charge in [-0.05, 0) is 48.1 Å². The number of nitrogens with zero attached hydrogens (tertiary/aromatic N) is 3. The van der Waals surface area contributed by atoms with Crippen molar-refractivity contribution >= 4 is 23.0 Å². The van der Waals surface area contributed by atoms with Gasteiger partial charge in [-0.2, -0.15) is 0 Å². The molecule has 2 aromatic heterocycles. The molecule has 2 atom stereocenters. The maximum atomic E-state index is 11.2. The quantitative estimate of drug-likeness (QED) is 0.210. The lowest BCUT2D eigenvalue weighted by atomic mass is 10.0. The summed E-state index contributed by atoms with van der Waals surface area (Å²) in [6.07, 6.45) is 1.76. The topological polar surface area (TPSA) is 93.7 Å². The summed E-state index contributed by atoms with van der Waals surface area (Å²) in [7, 11) is 1.48. The predicted octanol–water partition coefficient (Wildman–Crippen LogP) is 5.43. The average molecular weight is 487 g/mol. The molecule has 2 aromatic carbocycles. The summed E-state index contributed by atoms with van der Waals surface area (Å²) in [4.78, 5) is 17.4. The molecule has 1 aliphatic rings. The molecule has 1 N–H and O–H groups in total. The summed E-state index contributed by atoms with van der Waals surface area (Å²) < 4.78 is 11.8. The van der Waals surface area contributed by atoms with Crippen molar-refractivity contribution < 1.29 is 14.1 Å². The van der Waals surface area contributed by atoms with Crippen LogP contribution in [-0.2, 0) is 6.54 Å². The van der Waals surface area contributed by atoms with Gasteiger partial charge in [0.2, 0.25) is 0 Å². The van der Waals surface area contributed by atoms with Crippen LogP contribution in [0, 0.1) is 10.1 Å². The zero-order valence-electron chi connectivity index (χ0n) is 18.8. The largest absolute Gasteiger partial charge is 0.496 e. The summed E-state index contributed by atoms with van der Waals surface area (Å²) in [6.45, 7) is 0.595. The van der Waals surface area contributed by atoms with E-state index in [9.17, 15) is 10.1 Å². The van der Waals surface area contributed by atoms with E-state index in [1.54, 1.807) is 12.3 Å². The monoisotopic (exact) mass is 486 g/mol. The van der Waals surface area contributed by atoms with Crippen LogP contribution in [0.5, 0.6) is 5.75 Å². The van der Waals surface area contributed by atoms with Gasteiger partial charge in [-0.3, -0.25) is 15.1 Å². The smallest absolute Gasteiger partial charge is 0.273 e. The Kier molecular flexibility index (Phi) is 6.15. The number of nitrogens with one attached hydrogen (secondary N) is 1. The van der Waals surface area contributed by atoms with E-state index < -0.39 is 4.92 Å². The van der Waals surface area contributed by atoms with Crippen LogP contribution < -0.4 is 10.1 Å². The fourth-order valence-electron chi connectivity index (χ4n) is 4.32. The molecule has 0 amide bonds. The van der Waals surface area contributed by atoms with Gasteiger partial charge in [-0.15, -0.1) is 0 Å². The Hall–Kier alpha value is -4.24. The molecule has 3 heterocycles. The number of benzene rings is 2. The SMILES string of the molecule is COc1cc([N+](=O)[O-])ccc1-c1ccc([C@@H]2[C@H](c3ccccn3)NC(=S)N2Cc2ccccc2)o1. The molecule has 1 fully saturated rings. The Morgan fingerprint density at radius 3 is 2.63 bits per heavy atom. The first kappa shape index (κ1) is 22.5. The zero-order chi connectivity index (χ0) is 24.4. The molecule has 0 spiro atoms. The minimum Gasteiger partial charge on any atom is -0.496 e. The zero-order valence-corrected chi connectivity index (χ0v) is 19.6. The highest BCUT2D eigenvalue weighted by molar-refractivity contribution is 7.80. The average Bonchev–Trinajstić information content (AvgIpc) is 3.49. The molecular weight excluding hydrogens is 464 g/mol. The van der Waals surface area contributed by atoms with Crippen molar-refractivity contribution in [3.63, 3.8) is 0 Å². The first-order valence-electron chi connectivity index (χ1n) is 11.0. The van der Waals surface area contributed by atoms with Crippen molar-refractivity contribution in [3.05, 3.63) is 112 Å². The van der Waals surface area contributed by atoms with E-state index in [2.05, 4.69) is 27.3 Å². The second-order valence-corrected chi connectivity index (χ2v) is 8.47. The summed E-state index contributed by atoms with van der Waals surface area (Å²) in [5.74, 6) is 1.60. The number of nitro groups is 1. The van der Waals surface area contributed by atoms with Crippen LogP contribution >= 0.6 is 12.2 Å². The molecule has 0 saturated carbocycles. The standard InChI is InChI=1S/C26H22N4O4S/c1-33-23-15-18(30(31)32)10-11-19(23)21-12-13-22(34-21)25-24(20-9-5-6-14-27-20)28-26(35)29(25)16-17-7-3-2-4-8-17/h2-15,24-25H,16H2,1H3,(H,28,35)/t24-,25+/m0/s1. The fourth-order valence-corrected chi connectivity index (χ4v) is 4.62. The van der Waals surface area contributed by atoms with Crippen LogP contribution in [0.2, 0.25) is 0 Å². The number of pyridine rings is 1. The number of methoxy groups -OCH3 is 1. The summed E-state index contributed by atoms with van der Waals surface area (Å²) in [5, 5.41) is 15.2. The molecule has 4 aromatic rings. The number of aromatic nitrogens is 1. The highest BCUT2D eigenvalue weighted by atomic mass is 32.1. The minimum absolute atomic E-state index is 0.0491. The van der Waals surface area contributed by atoms with Gasteiger partial charge in [0.1, 0.15) is 23.3 Å². The van der Waals surface area contributed by atoms with Gasteiger partial charge in [-0.1, -0.05) is 36.4 Å². The molecule has 176 valence electrons. The first-order chi connectivity index (χ1) is 17.0. The van der Waals surface area contributed by atoms with E-state index in [4.69, 9.17) is 21.4 Å². The molecule has 0 aliphatic carbocycles. The van der Waals surface area contributed by atoms with E-state index in [-0.39, 0.29) is 17.8 Å². The van der Waals surface area contributed by atoms with Crippen LogP contribution in [0.4, 0.5) is 5.69 Å². The van der Waals surface area contributed by atoms with Crippen LogP contribution in [0.1, 0.15) is 29.1 Å². The molecular formula is C26H22N4O4S. The molecule has 0 radical (unpaired) electrons. The van der Waals surface area contributed by atoms with E-state index in [1.165, 1.54) is 19.2 Å². The Morgan fingerprint density at radius 2 is 1.91 bits per heavy atom. The van der Waals surface area contributed by atoms with Crippen molar-refractivity contribution in [2.75, 3.05) is 7.11 Å². The normalized spacial score (nSPS) is 17.3. The van der Waals surface area contributed by atoms with Gasteiger partial charge in [0.05, 0.1) is 35.4 Å². The predicted molar refractivity (Wildman–Crippen MR) is 135 cm³/mol. The summed E-state index contributed by atoms with van der Waals surface area (Å²) >= 11 is 5.73. The lowest BCUT2D eigenvalue weighted by Gasteiger charge is -2.26. The Labute approximate surface area is 207 Å². The third-order valence-corrected chi connectivity index (χ3v) is 6.33. The Balaban J connectivity index is 1.54. The first-order valence-corrected chi connectivity index (χ1v) is 11.4. The van der Waals surface area contributed by atoms with Gasteiger partial charge >= 0.3 is 0 Å². The van der Waals surface area contributed by atoms with Crippen molar-refractivity contribution in [1.82, 2.24) is 15.2 Å². The maximum absolute atomic E-state index is 11.2. The van der Waals surface area contributed by atoms with E-state index in [0.717, 1.165) is 11.3 Å². The van der Waals surface area contributed by atoms with E-state index in [0.29, 0.717) is 34.5 Å². The van der Waals surface area contributed by atoms with Crippen molar-refractivity contribution in [3.8, 4) is 17.1 Å². The Bertz CT molecular complexity index is 1360. The molecule has 9 heteroatoms. The van der Waals surface area contributed by atoms with Gasteiger partial charge < -0.3 is 19.4 Å². The third-order valence-electron chi connectivity index (χ3n) is 5.97. The van der Waals surface area contributed by atoms with Crippen LogP contribution in [0.3, 0.4) is 0 Å². The lowest BCUT2D eigenvalue weighted by Crippen LogP contribution is -2.29. The molecule has 35 heavy (non-hydrogen) atoms. The number of ether oxygens (including phenoxy) is 1. The van der Waals surface area contributed by atoms with Crippen molar-refractivity contribution in [1.29, 1.82) is 0 Å². The molecule has 0 unspecified atom stereocenters. The second kappa shape index (κ2) is 9.55. The van der Waals surface area contributed by atoms with E-state index >= 15 is 0 Å². The molecule has 1 aliphatic heterocycles. The highest BCUT2D eigenvalue weighted by Gasteiger charge is 2.41. The van der Waals surface area contributed by atoms with E-state index in [1.807, 2.05) is 48.5 Å². The van der Waals surface area contributed by atoms with Crippen molar-refractivity contribution in [2.24, 2.45) is 0 Å². The fraction of sp³-hybridized carbons (Fsp3) is 0.154. The second-order valence-electron chi connectivity index (χ2n) is 8.08. The van der Waals surface area contributed by atoms with Crippen LogP contribution in [0.15, 0.2) is 89.5 Å². The number of hydrogen-bond acceptors (Lipinski definition) is 6. The molecule has 1 saturated heterocycles. The summed E-state index contributed by atoms with van der Waals surface area (Å²) in [5.41, 5.74) is 2.54. The van der Waals surface area contributed by atoms with Gasteiger partial charge in [0.15, 0.2) is 5.11 Å². The molecule has 5 rings (SSSR count). The highest BCUT2D eigenvalue weighted by Crippen LogP contribution is 2.42. The molecule has 0 bridgehead atoms. The lowest BCUT2D eigenvalue weighted by molar-refractivity contribution is -0.384. The number of nitro benzene ring substituents is 1. The molecule has 8 nitrogen and oxygen atoms in total. The van der Waals surface area contributed by atoms with Gasteiger partial charge in [0.25, 0.3) is 5.69 Å². The number of rotatable bonds is 7.